The highest BCUT2D eigenvalue weighted by atomic mass is 16.5. The molecule has 2 heterocycles. The first-order valence-corrected chi connectivity index (χ1v) is 12.8. The highest BCUT2D eigenvalue weighted by Crippen LogP contribution is 2.47. The normalized spacial score (nSPS) is 15.9. The Hall–Kier alpha value is -4.98. The maximum Gasteiger partial charge on any atom is 0.142 e. The molecule has 8 heteroatoms. The molecular weight excluding hydrogens is 512 g/mol. The summed E-state index contributed by atoms with van der Waals surface area (Å²) in [7, 11) is 3.06. The fourth-order valence-corrected chi connectivity index (χ4v) is 5.35. The molecule has 204 valence electrons. The molecule has 40 heavy (non-hydrogen) atoms. The summed E-state index contributed by atoms with van der Waals surface area (Å²) in [5, 5.41) is 42.7. The molecular formula is C32H28O8. The predicted molar refractivity (Wildman–Crippen MR) is 149 cm³/mol. The zero-order valence-corrected chi connectivity index (χ0v) is 22.0. The van der Waals surface area contributed by atoms with Crippen molar-refractivity contribution in [1.29, 1.82) is 0 Å². The van der Waals surface area contributed by atoms with Gasteiger partial charge in [-0.3, -0.25) is 0 Å². The number of fused-ring (bicyclic) bond motifs is 2. The van der Waals surface area contributed by atoms with Gasteiger partial charge in [-0.2, -0.15) is 0 Å². The molecule has 0 bridgehead atoms. The van der Waals surface area contributed by atoms with E-state index in [2.05, 4.69) is 0 Å². The van der Waals surface area contributed by atoms with Crippen molar-refractivity contribution in [2.45, 2.75) is 18.8 Å². The molecule has 6 rings (SSSR count). The zero-order chi connectivity index (χ0) is 28.0. The van der Waals surface area contributed by atoms with Gasteiger partial charge in [0.05, 0.1) is 26.4 Å². The van der Waals surface area contributed by atoms with Gasteiger partial charge in [0.1, 0.15) is 51.8 Å². The summed E-state index contributed by atoms with van der Waals surface area (Å²) in [6.07, 6.45) is 0.955. The van der Waals surface area contributed by atoms with Crippen molar-refractivity contribution in [3.05, 3.63) is 94.5 Å². The monoisotopic (exact) mass is 540 g/mol. The number of aromatic hydroxyl groups is 4. The topological polar surface area (TPSA) is 118 Å². The number of methoxy groups -OCH3 is 2. The van der Waals surface area contributed by atoms with Crippen molar-refractivity contribution in [2.24, 2.45) is 0 Å². The summed E-state index contributed by atoms with van der Waals surface area (Å²) in [4.78, 5) is 0. The Morgan fingerprint density at radius 3 is 2.15 bits per heavy atom. The van der Waals surface area contributed by atoms with Gasteiger partial charge in [-0.15, -0.1) is 0 Å². The van der Waals surface area contributed by atoms with E-state index in [-0.39, 0.29) is 28.9 Å². The van der Waals surface area contributed by atoms with Gasteiger partial charge >= 0.3 is 0 Å². The van der Waals surface area contributed by atoms with Crippen LogP contribution in [-0.4, -0.2) is 41.3 Å². The molecule has 1 atom stereocenters. The minimum absolute atomic E-state index is 0.0100. The van der Waals surface area contributed by atoms with Gasteiger partial charge in [0.25, 0.3) is 0 Å². The van der Waals surface area contributed by atoms with Crippen molar-refractivity contribution in [3.63, 3.8) is 0 Å². The number of phenolic OH excluding ortho intramolecular Hbond substituents is 4. The lowest BCUT2D eigenvalue weighted by atomic mass is 9.86. The first-order chi connectivity index (χ1) is 19.3. The molecule has 0 amide bonds. The third-order valence-corrected chi connectivity index (χ3v) is 7.44. The molecule has 4 aromatic carbocycles. The maximum atomic E-state index is 11.2. The number of ether oxygens (including phenoxy) is 4. The lowest BCUT2D eigenvalue weighted by Crippen LogP contribution is -2.20. The van der Waals surface area contributed by atoms with E-state index in [1.54, 1.807) is 49.6 Å². The third-order valence-electron chi connectivity index (χ3n) is 7.44. The molecule has 0 saturated heterocycles. The molecule has 8 nitrogen and oxygen atoms in total. The summed E-state index contributed by atoms with van der Waals surface area (Å²) in [5.74, 6) is 2.49. The lowest BCUT2D eigenvalue weighted by molar-refractivity contribution is 0.258. The summed E-state index contributed by atoms with van der Waals surface area (Å²) in [6, 6.07) is 18.5. The van der Waals surface area contributed by atoms with Gasteiger partial charge in [0.15, 0.2) is 0 Å². The number of hydrogen-bond donors (Lipinski definition) is 4. The average molecular weight is 541 g/mol. The molecule has 0 spiro atoms. The number of rotatable bonds is 5. The van der Waals surface area contributed by atoms with Crippen LogP contribution in [0.15, 0.2) is 66.7 Å². The first kappa shape index (κ1) is 25.3. The fraction of sp³-hybridized carbons (Fsp3) is 0.188. The molecule has 0 aliphatic carbocycles. The SMILES string of the molecule is COc1ccc(C2=C(c3cc4c(cc3O)OCC(c3ccc(OC)cc3O)C4)Cc3ccc(O)cc3O2)c(O)c1. The van der Waals surface area contributed by atoms with Gasteiger partial charge in [0.2, 0.25) is 0 Å². The van der Waals surface area contributed by atoms with E-state index in [0.717, 1.165) is 16.7 Å². The number of hydrogen-bond acceptors (Lipinski definition) is 8. The van der Waals surface area contributed by atoms with E-state index in [4.69, 9.17) is 18.9 Å². The van der Waals surface area contributed by atoms with Crippen LogP contribution in [0, 0.1) is 0 Å². The average Bonchev–Trinajstić information content (AvgIpc) is 2.96. The van der Waals surface area contributed by atoms with Crippen molar-refractivity contribution >= 4 is 11.3 Å². The van der Waals surface area contributed by atoms with E-state index in [0.29, 0.717) is 64.9 Å². The second-order valence-corrected chi connectivity index (χ2v) is 9.88. The van der Waals surface area contributed by atoms with E-state index >= 15 is 0 Å². The quantitative estimate of drug-likeness (QED) is 0.253. The number of phenols is 4. The minimum Gasteiger partial charge on any atom is -0.508 e. The summed E-state index contributed by atoms with van der Waals surface area (Å²) in [6.45, 7) is 0.347. The van der Waals surface area contributed by atoms with E-state index < -0.39 is 0 Å². The van der Waals surface area contributed by atoms with Crippen molar-refractivity contribution in [3.8, 4) is 46.0 Å². The molecule has 0 saturated carbocycles. The van der Waals surface area contributed by atoms with Gasteiger partial charge in [-0.1, -0.05) is 12.1 Å². The molecule has 0 aromatic heterocycles. The molecule has 2 aliphatic rings. The summed E-state index contributed by atoms with van der Waals surface area (Å²) >= 11 is 0. The van der Waals surface area contributed by atoms with Crippen LogP contribution in [0.4, 0.5) is 0 Å². The van der Waals surface area contributed by atoms with Gasteiger partial charge in [0, 0.05) is 53.3 Å². The van der Waals surface area contributed by atoms with Crippen molar-refractivity contribution < 1.29 is 39.4 Å². The lowest BCUT2D eigenvalue weighted by Gasteiger charge is -2.29. The van der Waals surface area contributed by atoms with Crippen molar-refractivity contribution in [1.82, 2.24) is 0 Å². The van der Waals surface area contributed by atoms with Gasteiger partial charge in [-0.25, -0.2) is 0 Å². The van der Waals surface area contributed by atoms with Crippen LogP contribution in [-0.2, 0) is 12.8 Å². The van der Waals surface area contributed by atoms with Gasteiger partial charge < -0.3 is 39.4 Å². The summed E-state index contributed by atoms with van der Waals surface area (Å²) in [5.41, 5.74) is 4.04. The highest BCUT2D eigenvalue weighted by Gasteiger charge is 2.30. The molecule has 4 N–H and O–H groups in total. The van der Waals surface area contributed by atoms with Crippen LogP contribution in [0.25, 0.3) is 11.3 Å². The minimum atomic E-state index is -0.110. The first-order valence-electron chi connectivity index (χ1n) is 12.8. The van der Waals surface area contributed by atoms with Crippen LogP contribution in [0.3, 0.4) is 0 Å². The molecule has 0 fully saturated rings. The second kappa shape index (κ2) is 9.96. The molecule has 4 aromatic rings. The Kier molecular flexibility index (Phi) is 6.30. The second-order valence-electron chi connectivity index (χ2n) is 9.88. The Labute approximate surface area is 230 Å². The van der Waals surface area contributed by atoms with Crippen LogP contribution >= 0.6 is 0 Å². The predicted octanol–water partition coefficient (Wildman–Crippen LogP) is 5.75. The third kappa shape index (κ3) is 4.47. The Bertz CT molecular complexity index is 1660. The Morgan fingerprint density at radius 2 is 1.43 bits per heavy atom. The van der Waals surface area contributed by atoms with E-state index in [1.165, 1.54) is 19.2 Å². The Balaban J connectivity index is 1.45. The number of benzene rings is 4. The van der Waals surface area contributed by atoms with E-state index in [9.17, 15) is 20.4 Å². The molecule has 0 radical (unpaired) electrons. The fourth-order valence-electron chi connectivity index (χ4n) is 5.35. The zero-order valence-electron chi connectivity index (χ0n) is 22.0. The molecule has 2 aliphatic heterocycles. The van der Waals surface area contributed by atoms with Crippen LogP contribution in [0.1, 0.15) is 33.7 Å². The van der Waals surface area contributed by atoms with Crippen LogP contribution in [0.5, 0.6) is 46.0 Å². The smallest absolute Gasteiger partial charge is 0.142 e. The van der Waals surface area contributed by atoms with Crippen molar-refractivity contribution in [2.75, 3.05) is 20.8 Å². The Morgan fingerprint density at radius 1 is 0.700 bits per heavy atom. The van der Waals surface area contributed by atoms with Crippen LogP contribution < -0.4 is 18.9 Å². The highest BCUT2D eigenvalue weighted by molar-refractivity contribution is 5.94. The van der Waals surface area contributed by atoms with Crippen LogP contribution in [0.2, 0.25) is 0 Å². The summed E-state index contributed by atoms with van der Waals surface area (Å²) < 4.78 is 22.8. The largest absolute Gasteiger partial charge is 0.508 e. The maximum absolute atomic E-state index is 11.2. The van der Waals surface area contributed by atoms with Gasteiger partial charge in [-0.05, 0) is 47.9 Å². The molecule has 1 unspecified atom stereocenters. The number of allylic oxidation sites excluding steroid dienone is 1. The van der Waals surface area contributed by atoms with E-state index in [1.807, 2.05) is 12.1 Å². The standard InChI is InChI=1S/C32H28O8/c1-37-21-5-7-23(27(34)13-21)19-9-18-11-25(29(36)15-30(18)39-16-19)26-10-17-3-4-20(33)12-31(17)40-32(26)24-8-6-22(38-2)14-28(24)35/h3-8,11-15,19,33-36H,9-10,16H2,1-2H3.